The molecule has 0 heterocycles. The Morgan fingerprint density at radius 1 is 1.27 bits per heavy atom. The van der Waals surface area contributed by atoms with Crippen LogP contribution < -0.4 is 0 Å². The van der Waals surface area contributed by atoms with Crippen molar-refractivity contribution >= 4 is 29.0 Å². The third kappa shape index (κ3) is 3.09. The molecule has 0 aromatic heterocycles. The number of hydrogen-bond acceptors (Lipinski definition) is 2. The zero-order chi connectivity index (χ0) is 15.9. The summed E-state index contributed by atoms with van der Waals surface area (Å²) in [5.74, 6) is 0.917. The first-order chi connectivity index (χ1) is 10.5. The minimum atomic E-state index is 0.0565. The van der Waals surface area contributed by atoms with Crippen molar-refractivity contribution < 1.29 is 9.90 Å². The van der Waals surface area contributed by atoms with Gasteiger partial charge in [-0.2, -0.15) is 0 Å². The van der Waals surface area contributed by atoms with Gasteiger partial charge in [-0.1, -0.05) is 35.3 Å². The van der Waals surface area contributed by atoms with E-state index in [-0.39, 0.29) is 5.78 Å². The molecule has 0 spiro atoms. The predicted molar refractivity (Wildman–Crippen MR) is 89.5 cm³/mol. The monoisotopic (exact) mass is 336 g/mol. The van der Waals surface area contributed by atoms with E-state index < -0.39 is 0 Å². The fourth-order valence-corrected chi connectivity index (χ4v) is 3.37. The van der Waals surface area contributed by atoms with Crippen LogP contribution in [0.2, 0.25) is 0 Å². The van der Waals surface area contributed by atoms with Crippen LogP contribution >= 0.6 is 23.2 Å². The van der Waals surface area contributed by atoms with Gasteiger partial charge in [-0.25, -0.2) is 0 Å². The first-order valence-electron chi connectivity index (χ1n) is 7.56. The van der Waals surface area contributed by atoms with E-state index in [2.05, 4.69) is 0 Å². The number of phenols is 1. The fraction of sp³-hybridized carbons (Fsp3) is 0.389. The molecule has 2 aliphatic rings. The summed E-state index contributed by atoms with van der Waals surface area (Å²) in [5.41, 5.74) is 3.68. The molecule has 0 amide bonds. The molecular formula is C18H18Cl2O2. The first kappa shape index (κ1) is 15.6. The lowest BCUT2D eigenvalue weighted by Gasteiger charge is -2.07. The normalized spacial score (nSPS) is 18.3. The minimum absolute atomic E-state index is 0.0565. The number of halogens is 2. The van der Waals surface area contributed by atoms with Crippen LogP contribution in [0.4, 0.5) is 0 Å². The maximum Gasteiger partial charge on any atom is 0.161 e. The van der Waals surface area contributed by atoms with Crippen molar-refractivity contribution in [2.45, 2.75) is 44.9 Å². The third-order valence-electron chi connectivity index (χ3n) is 4.36. The highest BCUT2D eigenvalue weighted by Gasteiger charge is 2.27. The van der Waals surface area contributed by atoms with Gasteiger partial charge in [0.05, 0.1) is 10.1 Å². The Balaban J connectivity index is 1.66. The predicted octanol–water partition coefficient (Wildman–Crippen LogP) is 5.18. The SMILES string of the molecule is CC1=C(Cl)C(Cl)=C(C(=O)CCc2ccc(O)c(C3CC3)c2)C1. The highest BCUT2D eigenvalue weighted by Crippen LogP contribution is 2.44. The molecule has 2 nitrogen and oxygen atoms in total. The average molecular weight is 337 g/mol. The van der Waals surface area contributed by atoms with Crippen LogP contribution in [-0.4, -0.2) is 10.9 Å². The van der Waals surface area contributed by atoms with Crippen molar-refractivity contribution in [2.75, 3.05) is 0 Å². The summed E-state index contributed by atoms with van der Waals surface area (Å²) in [6.45, 7) is 1.90. The van der Waals surface area contributed by atoms with Gasteiger partial charge in [0.1, 0.15) is 5.75 Å². The number of phenolic OH excluding ortho intramolecular Hbond substituents is 1. The van der Waals surface area contributed by atoms with Crippen LogP contribution in [-0.2, 0) is 11.2 Å². The maximum absolute atomic E-state index is 12.3. The standard InChI is InChI=1S/C18H18Cl2O2/c1-10-8-14(18(20)17(10)19)16(22)7-3-11-2-6-15(21)13(9-11)12-4-5-12/h2,6,9,12,21H,3-5,7-8H2,1H3. The van der Waals surface area contributed by atoms with Gasteiger partial charge < -0.3 is 5.11 Å². The molecule has 0 atom stereocenters. The summed E-state index contributed by atoms with van der Waals surface area (Å²) >= 11 is 12.2. The zero-order valence-electron chi connectivity index (χ0n) is 12.5. The van der Waals surface area contributed by atoms with Crippen molar-refractivity contribution in [2.24, 2.45) is 0 Å². The molecule has 2 aliphatic carbocycles. The molecule has 0 aliphatic heterocycles. The molecular weight excluding hydrogens is 319 g/mol. The molecule has 1 fully saturated rings. The molecule has 1 saturated carbocycles. The van der Waals surface area contributed by atoms with E-state index in [1.165, 1.54) is 0 Å². The number of aromatic hydroxyl groups is 1. The number of aryl methyl sites for hydroxylation is 1. The molecule has 4 heteroatoms. The highest BCUT2D eigenvalue weighted by molar-refractivity contribution is 6.46. The first-order valence-corrected chi connectivity index (χ1v) is 8.32. The Kier molecular flexibility index (Phi) is 4.33. The smallest absolute Gasteiger partial charge is 0.161 e. The van der Waals surface area contributed by atoms with E-state index in [1.807, 2.05) is 19.1 Å². The third-order valence-corrected chi connectivity index (χ3v) is 5.39. The number of Topliss-reactive ketones (excluding diaryl/α,β-unsaturated/α-hetero) is 1. The summed E-state index contributed by atoms with van der Waals surface area (Å²) in [6, 6.07) is 5.65. The lowest BCUT2D eigenvalue weighted by Crippen LogP contribution is -2.04. The van der Waals surface area contributed by atoms with Gasteiger partial charge in [-0.05, 0) is 61.3 Å². The molecule has 3 rings (SSSR count). The van der Waals surface area contributed by atoms with Gasteiger partial charge in [0, 0.05) is 12.0 Å². The molecule has 22 heavy (non-hydrogen) atoms. The van der Waals surface area contributed by atoms with Crippen molar-refractivity contribution in [1.29, 1.82) is 0 Å². The molecule has 1 aromatic carbocycles. The van der Waals surface area contributed by atoms with Crippen molar-refractivity contribution in [1.82, 2.24) is 0 Å². The van der Waals surface area contributed by atoms with Crippen LogP contribution in [0.15, 0.2) is 39.4 Å². The van der Waals surface area contributed by atoms with E-state index in [0.717, 1.165) is 29.5 Å². The van der Waals surface area contributed by atoms with E-state index in [9.17, 15) is 9.90 Å². The van der Waals surface area contributed by atoms with Crippen molar-refractivity contribution in [3.05, 3.63) is 50.5 Å². The Hall–Kier alpha value is -1.25. The number of ketones is 1. The highest BCUT2D eigenvalue weighted by atomic mass is 35.5. The molecule has 1 aromatic rings. The Labute approximate surface area is 140 Å². The van der Waals surface area contributed by atoms with Gasteiger partial charge >= 0.3 is 0 Å². The number of allylic oxidation sites excluding steroid dienone is 4. The number of hydrogen-bond donors (Lipinski definition) is 1. The molecule has 1 N–H and O–H groups in total. The number of benzene rings is 1. The van der Waals surface area contributed by atoms with Crippen LogP contribution in [0.25, 0.3) is 0 Å². The second kappa shape index (κ2) is 6.10. The second-order valence-corrected chi connectivity index (χ2v) is 6.91. The Morgan fingerprint density at radius 2 is 2.00 bits per heavy atom. The van der Waals surface area contributed by atoms with E-state index in [0.29, 0.717) is 46.6 Å². The lowest BCUT2D eigenvalue weighted by atomic mass is 9.98. The molecule has 0 saturated heterocycles. The van der Waals surface area contributed by atoms with Gasteiger partial charge in [-0.15, -0.1) is 0 Å². The van der Waals surface area contributed by atoms with Crippen molar-refractivity contribution in [3.63, 3.8) is 0 Å². The van der Waals surface area contributed by atoms with Gasteiger partial charge in [-0.3, -0.25) is 4.79 Å². The second-order valence-electron chi connectivity index (χ2n) is 6.15. The maximum atomic E-state index is 12.3. The van der Waals surface area contributed by atoms with E-state index >= 15 is 0 Å². The topological polar surface area (TPSA) is 37.3 Å². The van der Waals surface area contributed by atoms with Crippen LogP contribution in [0.5, 0.6) is 5.75 Å². The molecule has 0 radical (unpaired) electrons. The van der Waals surface area contributed by atoms with Crippen LogP contribution in [0.3, 0.4) is 0 Å². The summed E-state index contributed by atoms with van der Waals surface area (Å²) in [5, 5.41) is 10.8. The summed E-state index contributed by atoms with van der Waals surface area (Å²) in [4.78, 5) is 12.3. The Morgan fingerprint density at radius 3 is 2.59 bits per heavy atom. The Bertz CT molecular complexity index is 697. The molecule has 0 bridgehead atoms. The van der Waals surface area contributed by atoms with Gasteiger partial charge in [0.2, 0.25) is 0 Å². The van der Waals surface area contributed by atoms with Gasteiger partial charge in [0.15, 0.2) is 5.78 Å². The van der Waals surface area contributed by atoms with E-state index in [1.54, 1.807) is 6.07 Å². The van der Waals surface area contributed by atoms with Gasteiger partial charge in [0.25, 0.3) is 0 Å². The average Bonchev–Trinajstić information content (AvgIpc) is 3.30. The zero-order valence-corrected chi connectivity index (χ0v) is 14.0. The van der Waals surface area contributed by atoms with Crippen LogP contribution in [0, 0.1) is 0 Å². The summed E-state index contributed by atoms with van der Waals surface area (Å²) < 4.78 is 0. The number of carbonyl (C=O) groups is 1. The summed E-state index contributed by atoms with van der Waals surface area (Å²) in [6.07, 6.45) is 3.91. The number of rotatable bonds is 5. The molecule has 116 valence electrons. The summed E-state index contributed by atoms with van der Waals surface area (Å²) in [7, 11) is 0. The fourth-order valence-electron chi connectivity index (χ4n) is 2.85. The minimum Gasteiger partial charge on any atom is -0.508 e. The number of carbonyl (C=O) groups excluding carboxylic acids is 1. The van der Waals surface area contributed by atoms with Crippen molar-refractivity contribution in [3.8, 4) is 5.75 Å². The molecule has 0 unspecified atom stereocenters. The quantitative estimate of drug-likeness (QED) is 0.804. The lowest BCUT2D eigenvalue weighted by molar-refractivity contribution is -0.115. The largest absolute Gasteiger partial charge is 0.508 e. The van der Waals surface area contributed by atoms with E-state index in [4.69, 9.17) is 23.2 Å². The van der Waals surface area contributed by atoms with Crippen LogP contribution in [0.1, 0.15) is 49.7 Å².